The van der Waals surface area contributed by atoms with Gasteiger partial charge in [-0.25, -0.2) is 9.59 Å². The first-order valence-corrected chi connectivity index (χ1v) is 8.60. The fraction of sp³-hybridized carbons (Fsp3) is 0.368. The molecule has 0 amide bonds. The smallest absolute Gasteiger partial charge is 0.338 e. The number of nitriles is 1. The van der Waals surface area contributed by atoms with Crippen LogP contribution < -0.4 is 11.2 Å². The van der Waals surface area contributed by atoms with Gasteiger partial charge in [0.05, 0.1) is 11.7 Å². The Morgan fingerprint density at radius 3 is 2.63 bits per heavy atom. The van der Waals surface area contributed by atoms with Gasteiger partial charge in [0.2, 0.25) is 0 Å². The van der Waals surface area contributed by atoms with Crippen LogP contribution in [0.3, 0.4) is 0 Å². The van der Waals surface area contributed by atoms with Gasteiger partial charge in [-0.1, -0.05) is 32.0 Å². The lowest BCUT2D eigenvalue weighted by molar-refractivity contribution is -0.105. The number of carbonyl (C=O) groups excluding carboxylic acids is 1. The van der Waals surface area contributed by atoms with Crippen molar-refractivity contribution in [3.63, 3.8) is 0 Å². The van der Waals surface area contributed by atoms with Gasteiger partial charge in [-0.15, -0.1) is 0 Å². The number of aromatic amines is 1. The van der Waals surface area contributed by atoms with E-state index >= 15 is 0 Å². The number of esters is 1. The normalized spacial score (nSPS) is 27.1. The Labute approximate surface area is 155 Å². The number of aromatic nitrogens is 2. The van der Waals surface area contributed by atoms with Crippen LogP contribution in [0.4, 0.5) is 0 Å². The largest absolute Gasteiger partial charge is 0.452 e. The second-order valence-corrected chi connectivity index (χ2v) is 6.40. The van der Waals surface area contributed by atoms with Crippen LogP contribution in [0.25, 0.3) is 0 Å². The molecule has 4 atom stereocenters. The number of hydrogen-bond acceptors (Lipinski definition) is 6. The Kier molecular flexibility index (Phi) is 4.97. The van der Waals surface area contributed by atoms with Gasteiger partial charge >= 0.3 is 11.7 Å². The number of rotatable bonds is 4. The van der Waals surface area contributed by atoms with E-state index in [2.05, 4.69) is 4.98 Å². The molecule has 1 aromatic carbocycles. The molecule has 0 radical (unpaired) electrons. The molecule has 2 heterocycles. The lowest BCUT2D eigenvalue weighted by Crippen LogP contribution is -2.51. The number of carbonyl (C=O) groups is 1. The summed E-state index contributed by atoms with van der Waals surface area (Å²) in [7, 11) is 0. The molecule has 1 aliphatic heterocycles. The topological polar surface area (TPSA) is 114 Å². The second kappa shape index (κ2) is 7.21. The summed E-state index contributed by atoms with van der Waals surface area (Å²) in [6.45, 7) is 3.67. The molecule has 3 rings (SSSR count). The van der Waals surface area contributed by atoms with Crippen LogP contribution in [0.1, 0.15) is 30.6 Å². The van der Waals surface area contributed by atoms with Gasteiger partial charge in [0.1, 0.15) is 6.07 Å². The monoisotopic (exact) mass is 369 g/mol. The molecule has 0 saturated carbocycles. The first kappa shape index (κ1) is 18.6. The highest BCUT2D eigenvalue weighted by Gasteiger charge is 2.58. The summed E-state index contributed by atoms with van der Waals surface area (Å²) >= 11 is 0. The van der Waals surface area contributed by atoms with Gasteiger partial charge in [-0.3, -0.25) is 14.3 Å². The molecule has 1 aromatic heterocycles. The molecule has 1 N–H and O–H groups in total. The molecule has 2 aromatic rings. The number of hydrogen-bond donors (Lipinski definition) is 1. The molecule has 0 spiro atoms. The van der Waals surface area contributed by atoms with E-state index in [9.17, 15) is 19.6 Å². The molecule has 1 aliphatic rings. The highest BCUT2D eigenvalue weighted by molar-refractivity contribution is 5.89. The Morgan fingerprint density at radius 2 is 2.04 bits per heavy atom. The van der Waals surface area contributed by atoms with E-state index in [1.165, 1.54) is 6.20 Å². The van der Waals surface area contributed by atoms with Crippen molar-refractivity contribution in [3.8, 4) is 6.07 Å². The van der Waals surface area contributed by atoms with E-state index in [0.717, 1.165) is 10.6 Å². The van der Waals surface area contributed by atoms with Crippen molar-refractivity contribution >= 4 is 5.97 Å². The third-order valence-corrected chi connectivity index (χ3v) is 4.77. The average molecular weight is 369 g/mol. The minimum atomic E-state index is -1.87. The molecular weight excluding hydrogens is 350 g/mol. The first-order chi connectivity index (χ1) is 12.9. The van der Waals surface area contributed by atoms with Gasteiger partial charge in [-0.05, 0) is 18.6 Å². The Hall–Kier alpha value is -3.18. The quantitative estimate of drug-likeness (QED) is 0.815. The lowest BCUT2D eigenvalue weighted by Gasteiger charge is -2.29. The van der Waals surface area contributed by atoms with E-state index in [-0.39, 0.29) is 5.92 Å². The zero-order valence-electron chi connectivity index (χ0n) is 14.9. The summed E-state index contributed by atoms with van der Waals surface area (Å²) in [4.78, 5) is 38.4. The standard InChI is InChI=1S/C19H19N3O5/c1-3-14-12(2)16(26-17(24)13-7-5-4-6-8-13)19(11-20,27-14)22-10-9-15(23)21-18(22)25/h4-10,12,14,16H,3H2,1-2H3,(H,21,23,25)/t12-,14-,16-,19-/m1/s1. The number of H-pyrrole nitrogens is 1. The van der Waals surface area contributed by atoms with Gasteiger partial charge in [-0.2, -0.15) is 5.26 Å². The van der Waals surface area contributed by atoms with Crippen molar-refractivity contribution in [1.29, 1.82) is 5.26 Å². The molecule has 0 bridgehead atoms. The third kappa shape index (κ3) is 3.17. The molecule has 0 aliphatic carbocycles. The first-order valence-electron chi connectivity index (χ1n) is 8.60. The maximum absolute atomic E-state index is 12.6. The SMILES string of the molecule is CC[C@H]1O[C@@](C#N)(n2ccc(=O)[nH]c2=O)[C@H](OC(=O)c2ccccc2)[C@@H]1C. The number of benzene rings is 1. The van der Waals surface area contributed by atoms with E-state index in [1.807, 2.05) is 13.0 Å². The highest BCUT2D eigenvalue weighted by atomic mass is 16.6. The summed E-state index contributed by atoms with van der Waals surface area (Å²) < 4.78 is 12.5. The van der Waals surface area contributed by atoms with Gasteiger partial charge in [0.15, 0.2) is 6.10 Å². The second-order valence-electron chi connectivity index (χ2n) is 6.40. The molecule has 0 unspecified atom stereocenters. The van der Waals surface area contributed by atoms with Crippen LogP contribution in [0.5, 0.6) is 0 Å². The minimum absolute atomic E-state index is 0.324. The summed E-state index contributed by atoms with van der Waals surface area (Å²) in [5.74, 6) is -0.967. The van der Waals surface area contributed by atoms with Crippen molar-refractivity contribution in [2.24, 2.45) is 5.92 Å². The third-order valence-electron chi connectivity index (χ3n) is 4.77. The van der Waals surface area contributed by atoms with Gasteiger partial charge in [0, 0.05) is 18.2 Å². The lowest BCUT2D eigenvalue weighted by atomic mass is 9.93. The van der Waals surface area contributed by atoms with Crippen molar-refractivity contribution in [3.05, 3.63) is 69.0 Å². The van der Waals surface area contributed by atoms with E-state index in [0.29, 0.717) is 12.0 Å². The van der Waals surface area contributed by atoms with Crippen LogP contribution in [0.15, 0.2) is 52.2 Å². The average Bonchev–Trinajstić information content (AvgIpc) is 2.95. The summed E-state index contributed by atoms with van der Waals surface area (Å²) in [5, 5.41) is 9.93. The Morgan fingerprint density at radius 1 is 1.33 bits per heavy atom. The minimum Gasteiger partial charge on any atom is -0.452 e. The maximum Gasteiger partial charge on any atom is 0.338 e. The van der Waals surface area contributed by atoms with Crippen LogP contribution in [-0.4, -0.2) is 27.7 Å². The molecule has 27 heavy (non-hydrogen) atoms. The van der Waals surface area contributed by atoms with Crippen LogP contribution in [-0.2, 0) is 15.2 Å². The summed E-state index contributed by atoms with van der Waals surface area (Å²) in [5.41, 5.74) is -2.95. The Balaban J connectivity index is 2.07. The van der Waals surface area contributed by atoms with Crippen LogP contribution in [0.2, 0.25) is 0 Å². The summed E-state index contributed by atoms with van der Waals surface area (Å²) in [6.07, 6.45) is 0.293. The highest BCUT2D eigenvalue weighted by Crippen LogP contribution is 2.41. The number of nitrogens with one attached hydrogen (secondary N) is 1. The molecule has 140 valence electrons. The maximum atomic E-state index is 12.6. The predicted molar refractivity (Wildman–Crippen MR) is 94.9 cm³/mol. The van der Waals surface area contributed by atoms with Gasteiger partial charge in [0.25, 0.3) is 11.3 Å². The van der Waals surface area contributed by atoms with E-state index < -0.39 is 35.2 Å². The number of ether oxygens (including phenoxy) is 2. The summed E-state index contributed by atoms with van der Waals surface area (Å²) in [6, 6.07) is 11.5. The fourth-order valence-electron chi connectivity index (χ4n) is 3.37. The zero-order valence-corrected chi connectivity index (χ0v) is 14.9. The van der Waals surface area contributed by atoms with Crippen molar-refractivity contribution < 1.29 is 14.3 Å². The van der Waals surface area contributed by atoms with Crippen LogP contribution >= 0.6 is 0 Å². The van der Waals surface area contributed by atoms with Crippen molar-refractivity contribution in [1.82, 2.24) is 9.55 Å². The van der Waals surface area contributed by atoms with E-state index in [4.69, 9.17) is 9.47 Å². The zero-order chi connectivity index (χ0) is 19.6. The van der Waals surface area contributed by atoms with Gasteiger partial charge < -0.3 is 9.47 Å². The Bertz CT molecular complexity index is 991. The van der Waals surface area contributed by atoms with E-state index in [1.54, 1.807) is 37.3 Å². The molecule has 8 heteroatoms. The molecule has 1 saturated heterocycles. The van der Waals surface area contributed by atoms with Crippen molar-refractivity contribution in [2.45, 2.75) is 38.2 Å². The van der Waals surface area contributed by atoms with Crippen LogP contribution in [0, 0.1) is 17.2 Å². The predicted octanol–water partition coefficient (Wildman–Crippen LogP) is 1.38. The number of nitrogens with zero attached hydrogens (tertiary/aromatic N) is 2. The molecule has 1 fully saturated rings. The fourth-order valence-corrected chi connectivity index (χ4v) is 3.37. The van der Waals surface area contributed by atoms with Crippen molar-refractivity contribution in [2.75, 3.05) is 0 Å². The molecule has 8 nitrogen and oxygen atoms in total. The molecular formula is C19H19N3O5.